The highest BCUT2D eigenvalue weighted by molar-refractivity contribution is 14.1. The Morgan fingerprint density at radius 2 is 2.18 bits per heavy atom. The maximum atomic E-state index is 12.8. The minimum absolute atomic E-state index is 0.207. The Hall–Kier alpha value is -0.0300. The minimum atomic E-state index is -0.388. The smallest absolute Gasteiger partial charge is 0.169 e. The van der Waals surface area contributed by atoms with Crippen molar-refractivity contribution in [3.63, 3.8) is 0 Å². The van der Waals surface area contributed by atoms with Gasteiger partial charge in [-0.1, -0.05) is 11.6 Å². The molecule has 1 aromatic carbocycles. The molecular weight excluding hydrogens is 281 g/mol. The van der Waals surface area contributed by atoms with Crippen LogP contribution in [0, 0.1) is 9.39 Å². The average molecular weight is 286 g/mol. The zero-order chi connectivity index (χ0) is 8.43. The summed E-state index contributed by atoms with van der Waals surface area (Å²) >= 11 is 7.64. The third-order valence-corrected chi connectivity index (χ3v) is 2.91. The van der Waals surface area contributed by atoms with E-state index in [1.54, 1.807) is 0 Å². The third-order valence-electron chi connectivity index (χ3n) is 1.21. The maximum absolute atomic E-state index is 12.8. The molecule has 1 aromatic rings. The first-order chi connectivity index (χ1) is 5.16. The van der Waals surface area contributed by atoms with Crippen LogP contribution < -0.4 is 4.74 Å². The molecule has 1 rings (SSSR count). The van der Waals surface area contributed by atoms with Crippen molar-refractivity contribution in [1.29, 1.82) is 0 Å². The maximum Gasteiger partial charge on any atom is 0.169 e. The van der Waals surface area contributed by atoms with Crippen molar-refractivity contribution in [2.45, 2.75) is 0 Å². The lowest BCUT2D eigenvalue weighted by atomic mass is 10.3. The van der Waals surface area contributed by atoms with Gasteiger partial charge in [-0.05, 0) is 34.7 Å². The molecule has 60 valence electrons. The molecule has 0 radical (unpaired) electrons. The van der Waals surface area contributed by atoms with Crippen LogP contribution in [0.25, 0.3) is 0 Å². The zero-order valence-corrected chi connectivity index (χ0v) is 8.61. The number of halogens is 3. The largest absolute Gasteiger partial charge is 0.493 e. The summed E-state index contributed by atoms with van der Waals surface area (Å²) < 4.78 is 18.2. The lowest BCUT2D eigenvalue weighted by Gasteiger charge is -2.04. The molecule has 0 aliphatic carbocycles. The van der Waals surface area contributed by atoms with Gasteiger partial charge in [0.1, 0.15) is 0 Å². The van der Waals surface area contributed by atoms with Gasteiger partial charge in [0.25, 0.3) is 0 Å². The summed E-state index contributed by atoms with van der Waals surface area (Å²) in [6.07, 6.45) is 0. The molecule has 0 atom stereocenters. The average Bonchev–Trinajstić information content (AvgIpc) is 1.99. The summed E-state index contributed by atoms with van der Waals surface area (Å²) in [5.41, 5.74) is 0. The van der Waals surface area contributed by atoms with Gasteiger partial charge in [-0.2, -0.15) is 0 Å². The van der Waals surface area contributed by atoms with Crippen LogP contribution in [0.15, 0.2) is 12.1 Å². The summed E-state index contributed by atoms with van der Waals surface area (Å²) in [7, 11) is 1.41. The molecule has 0 heterocycles. The van der Waals surface area contributed by atoms with Gasteiger partial charge < -0.3 is 4.74 Å². The molecule has 0 aliphatic heterocycles. The van der Waals surface area contributed by atoms with Gasteiger partial charge in [0.2, 0.25) is 0 Å². The van der Waals surface area contributed by atoms with Gasteiger partial charge in [-0.3, -0.25) is 0 Å². The van der Waals surface area contributed by atoms with Crippen LogP contribution in [-0.2, 0) is 0 Å². The summed E-state index contributed by atoms with van der Waals surface area (Å²) in [6, 6.07) is 2.78. The summed E-state index contributed by atoms with van der Waals surface area (Å²) in [6.45, 7) is 0. The van der Waals surface area contributed by atoms with Gasteiger partial charge in [-0.25, -0.2) is 4.39 Å². The van der Waals surface area contributed by atoms with Crippen LogP contribution in [0.1, 0.15) is 0 Å². The van der Waals surface area contributed by atoms with Crippen molar-refractivity contribution >= 4 is 34.2 Å². The van der Waals surface area contributed by atoms with Gasteiger partial charge in [-0.15, -0.1) is 0 Å². The second kappa shape index (κ2) is 3.58. The van der Waals surface area contributed by atoms with Crippen LogP contribution in [0.3, 0.4) is 0 Å². The van der Waals surface area contributed by atoms with E-state index in [0.717, 1.165) is 0 Å². The highest BCUT2D eigenvalue weighted by Crippen LogP contribution is 2.30. The summed E-state index contributed by atoms with van der Waals surface area (Å²) in [5.74, 6) is -0.181. The van der Waals surface area contributed by atoms with Crippen LogP contribution >= 0.6 is 34.2 Å². The molecule has 0 spiro atoms. The fourth-order valence-electron chi connectivity index (χ4n) is 0.696. The van der Waals surface area contributed by atoms with E-state index in [2.05, 4.69) is 0 Å². The number of rotatable bonds is 1. The molecule has 0 unspecified atom stereocenters. The first kappa shape index (κ1) is 9.06. The SMILES string of the molecule is COc1c(F)ccc(Cl)c1I. The first-order valence-electron chi connectivity index (χ1n) is 2.84. The van der Waals surface area contributed by atoms with E-state index in [1.165, 1.54) is 19.2 Å². The molecule has 0 fully saturated rings. The Labute approximate surface area is 82.6 Å². The predicted molar refractivity (Wildman–Crippen MR) is 50.7 cm³/mol. The Morgan fingerprint density at radius 3 is 2.64 bits per heavy atom. The highest BCUT2D eigenvalue weighted by atomic mass is 127. The molecular formula is C7H5ClFIO. The molecule has 11 heavy (non-hydrogen) atoms. The number of hydrogen-bond acceptors (Lipinski definition) is 1. The molecule has 0 amide bonds. The van der Waals surface area contributed by atoms with Crippen molar-refractivity contribution in [3.8, 4) is 5.75 Å². The second-order valence-corrected chi connectivity index (χ2v) is 3.36. The number of methoxy groups -OCH3 is 1. The minimum Gasteiger partial charge on any atom is -0.493 e. The number of ether oxygens (including phenoxy) is 1. The van der Waals surface area contributed by atoms with Crippen molar-refractivity contribution < 1.29 is 9.13 Å². The molecule has 4 heteroatoms. The van der Waals surface area contributed by atoms with E-state index in [0.29, 0.717) is 8.59 Å². The van der Waals surface area contributed by atoms with Crippen LogP contribution in [0.2, 0.25) is 5.02 Å². The van der Waals surface area contributed by atoms with Crippen molar-refractivity contribution in [1.82, 2.24) is 0 Å². The van der Waals surface area contributed by atoms with Crippen molar-refractivity contribution in [2.75, 3.05) is 7.11 Å². The van der Waals surface area contributed by atoms with Crippen LogP contribution in [-0.4, -0.2) is 7.11 Å². The monoisotopic (exact) mass is 286 g/mol. The second-order valence-electron chi connectivity index (χ2n) is 1.88. The first-order valence-corrected chi connectivity index (χ1v) is 4.30. The summed E-state index contributed by atoms with van der Waals surface area (Å²) in [5, 5.41) is 0.504. The number of benzene rings is 1. The molecule has 0 bridgehead atoms. The van der Waals surface area contributed by atoms with E-state index < -0.39 is 0 Å². The van der Waals surface area contributed by atoms with Gasteiger partial charge in [0.05, 0.1) is 15.7 Å². The quantitative estimate of drug-likeness (QED) is 0.569. The fraction of sp³-hybridized carbons (Fsp3) is 0.143. The fourth-order valence-corrected chi connectivity index (χ4v) is 1.50. The Bertz CT molecular complexity index is 277. The van der Waals surface area contributed by atoms with E-state index in [9.17, 15) is 4.39 Å². The van der Waals surface area contributed by atoms with Gasteiger partial charge in [0.15, 0.2) is 11.6 Å². The van der Waals surface area contributed by atoms with Crippen molar-refractivity contribution in [2.24, 2.45) is 0 Å². The van der Waals surface area contributed by atoms with E-state index >= 15 is 0 Å². The van der Waals surface area contributed by atoms with E-state index in [1.807, 2.05) is 22.6 Å². The molecule has 0 saturated heterocycles. The number of hydrogen-bond donors (Lipinski definition) is 0. The third kappa shape index (κ3) is 1.76. The lowest BCUT2D eigenvalue weighted by molar-refractivity contribution is 0.383. The Balaban J connectivity index is 3.29. The van der Waals surface area contributed by atoms with Gasteiger partial charge >= 0.3 is 0 Å². The zero-order valence-electron chi connectivity index (χ0n) is 5.70. The molecule has 0 aliphatic rings. The van der Waals surface area contributed by atoms with E-state index in [-0.39, 0.29) is 11.6 Å². The lowest BCUT2D eigenvalue weighted by Crippen LogP contribution is -1.91. The summed E-state index contributed by atoms with van der Waals surface area (Å²) in [4.78, 5) is 0. The molecule has 1 nitrogen and oxygen atoms in total. The molecule has 0 saturated carbocycles. The molecule has 0 aromatic heterocycles. The highest BCUT2D eigenvalue weighted by Gasteiger charge is 2.09. The normalized spacial score (nSPS) is 9.82. The molecule has 0 N–H and O–H groups in total. The van der Waals surface area contributed by atoms with Crippen molar-refractivity contribution in [3.05, 3.63) is 26.5 Å². The van der Waals surface area contributed by atoms with E-state index in [4.69, 9.17) is 16.3 Å². The standard InChI is InChI=1S/C7H5ClFIO/c1-11-7-5(9)3-2-4(8)6(7)10/h2-3H,1H3. The topological polar surface area (TPSA) is 9.23 Å². The van der Waals surface area contributed by atoms with Crippen LogP contribution in [0.5, 0.6) is 5.75 Å². The van der Waals surface area contributed by atoms with Crippen LogP contribution in [0.4, 0.5) is 4.39 Å². The Morgan fingerprint density at radius 1 is 1.55 bits per heavy atom. The Kier molecular flexibility index (Phi) is 2.95. The van der Waals surface area contributed by atoms with Gasteiger partial charge in [0, 0.05) is 0 Å². The predicted octanol–water partition coefficient (Wildman–Crippen LogP) is 3.09.